The van der Waals surface area contributed by atoms with Gasteiger partial charge in [0.15, 0.2) is 0 Å². The zero-order valence-electron chi connectivity index (χ0n) is 13.7. The summed E-state index contributed by atoms with van der Waals surface area (Å²) >= 11 is 3.31. The van der Waals surface area contributed by atoms with Gasteiger partial charge in [-0.05, 0) is 42.5 Å². The Balaban J connectivity index is 1.83. The Kier molecular flexibility index (Phi) is 5.10. The highest BCUT2D eigenvalue weighted by molar-refractivity contribution is 9.10. The largest absolute Gasteiger partial charge is 0.322 e. The predicted octanol–water partition coefficient (Wildman–Crippen LogP) is 3.26. The third-order valence-corrected chi connectivity index (χ3v) is 4.40. The van der Waals surface area contributed by atoms with Crippen molar-refractivity contribution in [3.8, 4) is 5.69 Å². The van der Waals surface area contributed by atoms with Gasteiger partial charge in [0.2, 0.25) is 10.0 Å². The fourth-order valence-corrected chi connectivity index (χ4v) is 3.39. The van der Waals surface area contributed by atoms with Crippen LogP contribution in [-0.2, 0) is 10.0 Å². The third-order valence-electron chi connectivity index (χ3n) is 3.34. The van der Waals surface area contributed by atoms with Crippen LogP contribution in [0.2, 0.25) is 0 Å². The zero-order valence-corrected chi connectivity index (χ0v) is 16.1. The number of carbonyl (C=O) groups excluding carboxylic acids is 1. The average molecular weight is 435 g/mol. The molecule has 2 N–H and O–H groups in total. The summed E-state index contributed by atoms with van der Waals surface area (Å²) < 4.78 is 27.5. The van der Waals surface area contributed by atoms with Gasteiger partial charge in [-0.1, -0.05) is 22.0 Å². The molecule has 26 heavy (non-hydrogen) atoms. The molecule has 134 valence electrons. The molecule has 2 aromatic carbocycles. The van der Waals surface area contributed by atoms with Crippen molar-refractivity contribution in [2.75, 3.05) is 16.3 Å². The van der Waals surface area contributed by atoms with E-state index in [1.807, 2.05) is 6.07 Å². The van der Waals surface area contributed by atoms with Crippen molar-refractivity contribution in [2.45, 2.75) is 0 Å². The van der Waals surface area contributed by atoms with Crippen LogP contribution in [0.5, 0.6) is 0 Å². The highest BCUT2D eigenvalue weighted by atomic mass is 79.9. The molecule has 0 aliphatic rings. The normalized spacial score (nSPS) is 11.2. The van der Waals surface area contributed by atoms with Crippen molar-refractivity contribution in [1.29, 1.82) is 0 Å². The highest BCUT2D eigenvalue weighted by Gasteiger charge is 2.10. The van der Waals surface area contributed by atoms with E-state index in [-0.39, 0.29) is 5.91 Å². The number of hydrogen-bond acceptors (Lipinski definition) is 4. The molecule has 0 atom stereocenters. The molecule has 0 spiro atoms. The van der Waals surface area contributed by atoms with Crippen LogP contribution in [0.4, 0.5) is 11.4 Å². The number of halogens is 1. The van der Waals surface area contributed by atoms with Crippen molar-refractivity contribution in [1.82, 2.24) is 9.78 Å². The van der Waals surface area contributed by atoms with Gasteiger partial charge >= 0.3 is 0 Å². The Bertz CT molecular complexity index is 1050. The molecule has 0 fully saturated rings. The highest BCUT2D eigenvalue weighted by Crippen LogP contribution is 2.24. The van der Waals surface area contributed by atoms with Gasteiger partial charge in [0.25, 0.3) is 5.91 Å². The van der Waals surface area contributed by atoms with E-state index in [1.54, 1.807) is 59.5 Å². The lowest BCUT2D eigenvalue weighted by atomic mass is 10.2. The van der Waals surface area contributed by atoms with Gasteiger partial charge in [0.05, 0.1) is 17.6 Å². The minimum Gasteiger partial charge on any atom is -0.322 e. The number of aromatic nitrogens is 2. The lowest BCUT2D eigenvalue weighted by Gasteiger charge is -2.10. The van der Waals surface area contributed by atoms with Gasteiger partial charge in [-0.3, -0.25) is 9.52 Å². The van der Waals surface area contributed by atoms with Crippen molar-refractivity contribution >= 4 is 43.2 Å². The van der Waals surface area contributed by atoms with E-state index >= 15 is 0 Å². The fraction of sp³-hybridized carbons (Fsp3) is 0.0588. The number of amides is 1. The maximum Gasteiger partial charge on any atom is 0.255 e. The molecule has 0 saturated carbocycles. The monoisotopic (exact) mass is 434 g/mol. The number of hydrogen-bond donors (Lipinski definition) is 2. The molecule has 1 amide bonds. The summed E-state index contributed by atoms with van der Waals surface area (Å²) in [6.45, 7) is 0. The summed E-state index contributed by atoms with van der Waals surface area (Å²) in [5.41, 5.74) is 2.02. The van der Waals surface area contributed by atoms with E-state index in [0.717, 1.165) is 11.9 Å². The molecular weight excluding hydrogens is 420 g/mol. The molecule has 0 aliphatic heterocycles. The molecular formula is C17H15BrN4O3S. The molecule has 0 radical (unpaired) electrons. The van der Waals surface area contributed by atoms with Crippen LogP contribution in [0.15, 0.2) is 65.4 Å². The lowest BCUT2D eigenvalue weighted by molar-refractivity contribution is 0.102. The summed E-state index contributed by atoms with van der Waals surface area (Å²) in [5, 5.41) is 6.91. The molecule has 3 rings (SSSR count). The van der Waals surface area contributed by atoms with E-state index in [0.29, 0.717) is 21.4 Å². The fourth-order valence-electron chi connectivity index (χ4n) is 2.35. The number of nitrogens with one attached hydrogen (secondary N) is 2. The third kappa shape index (κ3) is 4.70. The summed E-state index contributed by atoms with van der Waals surface area (Å²) in [6.07, 6.45) is 4.51. The first-order valence-corrected chi connectivity index (χ1v) is 10.2. The Labute approximate surface area is 159 Å². The number of nitrogens with zero attached hydrogens (tertiary/aromatic N) is 2. The molecule has 0 unspecified atom stereocenters. The number of rotatable bonds is 5. The van der Waals surface area contributed by atoms with Gasteiger partial charge in [-0.15, -0.1) is 0 Å². The van der Waals surface area contributed by atoms with E-state index in [9.17, 15) is 13.2 Å². The minimum absolute atomic E-state index is 0.317. The van der Waals surface area contributed by atoms with Crippen LogP contribution < -0.4 is 10.0 Å². The molecule has 9 heteroatoms. The maximum atomic E-state index is 12.5. The maximum absolute atomic E-state index is 12.5. The van der Waals surface area contributed by atoms with Crippen LogP contribution in [-0.4, -0.2) is 30.4 Å². The zero-order chi connectivity index (χ0) is 18.7. The average Bonchev–Trinajstić information content (AvgIpc) is 3.07. The number of anilines is 2. The van der Waals surface area contributed by atoms with Crippen LogP contribution >= 0.6 is 15.9 Å². The van der Waals surface area contributed by atoms with Crippen LogP contribution in [0.1, 0.15) is 10.4 Å². The minimum atomic E-state index is -3.42. The van der Waals surface area contributed by atoms with Crippen molar-refractivity contribution in [2.24, 2.45) is 0 Å². The summed E-state index contributed by atoms with van der Waals surface area (Å²) in [4.78, 5) is 12.5. The van der Waals surface area contributed by atoms with Crippen LogP contribution in [0.3, 0.4) is 0 Å². The van der Waals surface area contributed by atoms with E-state index in [4.69, 9.17) is 0 Å². The standard InChI is InChI=1S/C17H15BrN4O3S/c1-26(24,25)21-15-10-13(18)9-14(11-15)20-17(23)12-4-2-5-16(8-12)22-7-3-6-19-22/h2-11,21H,1H3,(H,20,23). The van der Waals surface area contributed by atoms with Crippen LogP contribution in [0.25, 0.3) is 5.69 Å². The van der Waals surface area contributed by atoms with Crippen molar-refractivity contribution < 1.29 is 13.2 Å². The number of sulfonamides is 1. The van der Waals surface area contributed by atoms with Gasteiger partial charge in [-0.25, -0.2) is 13.1 Å². The van der Waals surface area contributed by atoms with Gasteiger partial charge in [-0.2, -0.15) is 5.10 Å². The van der Waals surface area contributed by atoms with Gasteiger partial charge in [0.1, 0.15) is 0 Å². The second-order valence-corrected chi connectivity index (χ2v) is 8.22. The second-order valence-electron chi connectivity index (χ2n) is 5.56. The molecule has 0 saturated heterocycles. The Hall–Kier alpha value is -2.65. The number of carbonyl (C=O) groups is 1. The Morgan fingerprint density at radius 3 is 2.58 bits per heavy atom. The van der Waals surface area contributed by atoms with Gasteiger partial charge in [0, 0.05) is 28.1 Å². The van der Waals surface area contributed by atoms with Crippen molar-refractivity contribution in [3.05, 3.63) is 71.0 Å². The Morgan fingerprint density at radius 1 is 1.12 bits per heavy atom. The molecule has 1 aromatic heterocycles. The Morgan fingerprint density at radius 2 is 1.88 bits per heavy atom. The molecule has 0 aliphatic carbocycles. The van der Waals surface area contributed by atoms with E-state index in [1.165, 1.54) is 0 Å². The second kappa shape index (κ2) is 7.30. The summed E-state index contributed by atoms with van der Waals surface area (Å²) in [5.74, 6) is -0.317. The quantitative estimate of drug-likeness (QED) is 0.644. The lowest BCUT2D eigenvalue weighted by Crippen LogP contribution is -2.13. The van der Waals surface area contributed by atoms with E-state index < -0.39 is 10.0 Å². The van der Waals surface area contributed by atoms with Crippen molar-refractivity contribution in [3.63, 3.8) is 0 Å². The first-order valence-electron chi connectivity index (χ1n) is 7.50. The molecule has 0 bridgehead atoms. The topological polar surface area (TPSA) is 93.1 Å². The van der Waals surface area contributed by atoms with Gasteiger partial charge < -0.3 is 5.32 Å². The van der Waals surface area contributed by atoms with E-state index in [2.05, 4.69) is 31.1 Å². The number of benzene rings is 2. The summed E-state index contributed by atoms with van der Waals surface area (Å²) in [6, 6.07) is 13.6. The smallest absolute Gasteiger partial charge is 0.255 e. The van der Waals surface area contributed by atoms with Crippen LogP contribution in [0, 0.1) is 0 Å². The first kappa shape index (κ1) is 18.2. The molecule has 3 aromatic rings. The summed E-state index contributed by atoms with van der Waals surface area (Å²) in [7, 11) is -3.42. The molecule has 1 heterocycles. The SMILES string of the molecule is CS(=O)(=O)Nc1cc(Br)cc(NC(=O)c2cccc(-n3cccn3)c2)c1. The molecule has 7 nitrogen and oxygen atoms in total. The predicted molar refractivity (Wildman–Crippen MR) is 104 cm³/mol. The first-order chi connectivity index (χ1) is 12.3.